The van der Waals surface area contributed by atoms with Crippen molar-refractivity contribution in [3.63, 3.8) is 0 Å². The summed E-state index contributed by atoms with van der Waals surface area (Å²) in [4.78, 5) is 39.1. The molecular formula is C35H48O13. The summed E-state index contributed by atoms with van der Waals surface area (Å²) in [6.45, 7) is 8.65. The molecule has 5 rings (SSSR count). The van der Waals surface area contributed by atoms with Crippen molar-refractivity contribution >= 4 is 17.5 Å². The Kier molecular flexibility index (Phi) is 9.67. The molecule has 2 saturated carbocycles. The minimum atomic E-state index is -2.04. The van der Waals surface area contributed by atoms with Crippen LogP contribution in [0.3, 0.4) is 0 Å². The average molecular weight is 677 g/mol. The van der Waals surface area contributed by atoms with Crippen LogP contribution in [0.1, 0.15) is 76.5 Å². The molecule has 13 nitrogen and oxygen atoms in total. The highest BCUT2D eigenvalue weighted by Crippen LogP contribution is 2.64. The molecule has 7 N–H and O–H groups in total. The Morgan fingerprint density at radius 2 is 1.79 bits per heavy atom. The first kappa shape index (κ1) is 36.4. The van der Waals surface area contributed by atoms with E-state index in [9.17, 15) is 50.1 Å². The molecule has 4 aliphatic rings. The number of aromatic hydroxyl groups is 1. The molecule has 1 heterocycles. The zero-order valence-electron chi connectivity index (χ0n) is 28.1. The van der Waals surface area contributed by atoms with Gasteiger partial charge in [-0.3, -0.25) is 14.4 Å². The van der Waals surface area contributed by atoms with Crippen molar-refractivity contribution < 1.29 is 64.3 Å². The molecule has 266 valence electrons. The molecule has 1 saturated heterocycles. The Labute approximate surface area is 279 Å². The summed E-state index contributed by atoms with van der Waals surface area (Å²) in [5, 5.41) is 74.7. The molecule has 1 aliphatic heterocycles. The third kappa shape index (κ3) is 6.08. The van der Waals surface area contributed by atoms with Gasteiger partial charge in [-0.05, 0) is 99.1 Å². The van der Waals surface area contributed by atoms with Gasteiger partial charge < -0.3 is 50.0 Å². The second-order valence-corrected chi connectivity index (χ2v) is 15.0. The number of esters is 1. The van der Waals surface area contributed by atoms with E-state index in [2.05, 4.69) is 0 Å². The van der Waals surface area contributed by atoms with Gasteiger partial charge in [0.05, 0.1) is 12.7 Å². The zero-order chi connectivity index (χ0) is 35.7. The van der Waals surface area contributed by atoms with Crippen molar-refractivity contribution in [3.05, 3.63) is 34.9 Å². The number of carbonyl (C=O) groups is 3. The molecule has 1 aromatic carbocycles. The second kappa shape index (κ2) is 12.8. The topological polar surface area (TPSA) is 221 Å². The number of phenols is 1. The highest BCUT2D eigenvalue weighted by Gasteiger charge is 2.65. The van der Waals surface area contributed by atoms with E-state index in [1.54, 1.807) is 20.8 Å². The Morgan fingerprint density at radius 3 is 2.42 bits per heavy atom. The largest absolute Gasteiger partial charge is 0.504 e. The molecule has 3 aliphatic carbocycles. The summed E-state index contributed by atoms with van der Waals surface area (Å²) in [5.74, 6) is -3.86. The van der Waals surface area contributed by atoms with E-state index in [-0.39, 0.29) is 42.0 Å². The fourth-order valence-electron chi connectivity index (χ4n) is 9.13. The van der Waals surface area contributed by atoms with Crippen LogP contribution in [0.15, 0.2) is 18.2 Å². The van der Waals surface area contributed by atoms with Gasteiger partial charge in [0, 0.05) is 25.2 Å². The maximum absolute atomic E-state index is 14.2. The molecule has 12 atom stereocenters. The Hall–Kier alpha value is -2.91. The number of hydrogen-bond donors (Lipinski definition) is 7. The Bertz CT molecular complexity index is 1480. The van der Waals surface area contributed by atoms with Crippen LogP contribution in [-0.2, 0) is 30.3 Å². The third-order valence-electron chi connectivity index (χ3n) is 11.3. The predicted molar refractivity (Wildman–Crippen MR) is 168 cm³/mol. The van der Waals surface area contributed by atoms with E-state index in [1.165, 1.54) is 26.0 Å². The summed E-state index contributed by atoms with van der Waals surface area (Å²) in [5.41, 5.74) is -2.24. The molecule has 0 amide bonds. The van der Waals surface area contributed by atoms with E-state index >= 15 is 0 Å². The quantitative estimate of drug-likeness (QED) is 0.149. The normalized spacial score (nSPS) is 37.7. The molecule has 13 heteroatoms. The standard InChI is InChI=1S/C35H48O13/c1-15-17-7-8-18-20-12-21(38)31(35(6,45)25(40)9-10-33(3,4)48-16(2)37)34(20,5)13-22(39)26(18)19(17)11-23(27(15)41)46-32-30(44)29(43)28(42)24(14-36)47-32/h9-11,18,20-21,24,26,28-32,36,38,41-45H,7-8,12-14H2,1-6H3/b10-9+/t18-,20-,21+,24+,26-,28+,29-,30+,31?,32+,34-,35-/m0/s1. The lowest BCUT2D eigenvalue weighted by molar-refractivity contribution is -0.277. The fourth-order valence-corrected chi connectivity index (χ4v) is 9.13. The molecule has 48 heavy (non-hydrogen) atoms. The minimum absolute atomic E-state index is 0.0328. The van der Waals surface area contributed by atoms with Gasteiger partial charge in [0.1, 0.15) is 41.4 Å². The lowest BCUT2D eigenvalue weighted by Crippen LogP contribution is -2.60. The van der Waals surface area contributed by atoms with Gasteiger partial charge in [-0.15, -0.1) is 0 Å². The average Bonchev–Trinajstić information content (AvgIpc) is 3.27. The summed E-state index contributed by atoms with van der Waals surface area (Å²) in [6.07, 6.45) is -5.04. The number of phenolic OH excluding ortho intramolecular Hbond substituents is 1. The van der Waals surface area contributed by atoms with Crippen molar-refractivity contribution in [3.8, 4) is 11.5 Å². The maximum Gasteiger partial charge on any atom is 0.303 e. The number of fused-ring (bicyclic) bond motifs is 5. The van der Waals surface area contributed by atoms with Crippen molar-refractivity contribution in [1.29, 1.82) is 0 Å². The lowest BCUT2D eigenvalue weighted by Gasteiger charge is -2.52. The molecule has 0 spiro atoms. The van der Waals surface area contributed by atoms with Crippen LogP contribution >= 0.6 is 0 Å². The predicted octanol–water partition coefficient (Wildman–Crippen LogP) is 0.719. The van der Waals surface area contributed by atoms with Crippen LogP contribution in [0.25, 0.3) is 0 Å². The number of rotatable bonds is 8. The van der Waals surface area contributed by atoms with Crippen LogP contribution in [-0.4, -0.2) is 108 Å². The number of Topliss-reactive ketones (excluding diaryl/α,β-unsaturated/α-hetero) is 1. The van der Waals surface area contributed by atoms with E-state index in [0.717, 1.165) is 11.6 Å². The smallest absolute Gasteiger partial charge is 0.303 e. The Balaban J connectivity index is 1.44. The van der Waals surface area contributed by atoms with E-state index in [4.69, 9.17) is 14.2 Å². The van der Waals surface area contributed by atoms with Crippen LogP contribution in [0, 0.1) is 30.1 Å². The number of ketones is 2. The highest BCUT2D eigenvalue weighted by molar-refractivity contribution is 5.97. The lowest BCUT2D eigenvalue weighted by atomic mass is 9.52. The van der Waals surface area contributed by atoms with E-state index in [0.29, 0.717) is 24.0 Å². The summed E-state index contributed by atoms with van der Waals surface area (Å²) in [6, 6.07) is 1.52. The first-order valence-corrected chi connectivity index (χ1v) is 16.4. The number of carbonyl (C=O) groups excluding carboxylic acids is 3. The van der Waals surface area contributed by atoms with E-state index in [1.807, 2.05) is 6.92 Å². The van der Waals surface area contributed by atoms with Gasteiger partial charge in [-0.25, -0.2) is 0 Å². The molecule has 3 fully saturated rings. The van der Waals surface area contributed by atoms with Gasteiger partial charge >= 0.3 is 5.97 Å². The summed E-state index contributed by atoms with van der Waals surface area (Å²) >= 11 is 0. The maximum atomic E-state index is 14.2. The molecular weight excluding hydrogens is 628 g/mol. The number of aliphatic hydroxyl groups excluding tert-OH is 5. The molecule has 1 aromatic rings. The van der Waals surface area contributed by atoms with Crippen molar-refractivity contribution in [2.75, 3.05) is 6.61 Å². The summed E-state index contributed by atoms with van der Waals surface area (Å²) < 4.78 is 16.5. The number of ether oxygens (including phenoxy) is 3. The number of benzene rings is 1. The second-order valence-electron chi connectivity index (χ2n) is 15.0. The zero-order valence-corrected chi connectivity index (χ0v) is 28.1. The van der Waals surface area contributed by atoms with Crippen molar-refractivity contribution in [2.45, 2.75) is 121 Å². The molecule has 1 unspecified atom stereocenters. The van der Waals surface area contributed by atoms with Crippen molar-refractivity contribution in [1.82, 2.24) is 0 Å². The summed E-state index contributed by atoms with van der Waals surface area (Å²) in [7, 11) is 0. The van der Waals surface area contributed by atoms with E-state index < -0.39 is 83.6 Å². The van der Waals surface area contributed by atoms with Gasteiger partial charge in [0.15, 0.2) is 17.3 Å². The first-order valence-electron chi connectivity index (χ1n) is 16.4. The Morgan fingerprint density at radius 1 is 1.12 bits per heavy atom. The number of aliphatic hydroxyl groups is 6. The number of hydrogen-bond acceptors (Lipinski definition) is 13. The van der Waals surface area contributed by atoms with Crippen molar-refractivity contribution in [2.24, 2.45) is 23.2 Å². The van der Waals surface area contributed by atoms with Gasteiger partial charge in [0.2, 0.25) is 6.29 Å². The van der Waals surface area contributed by atoms with Crippen LogP contribution < -0.4 is 4.74 Å². The fraction of sp³-hybridized carbons (Fsp3) is 0.686. The first-order chi connectivity index (χ1) is 22.2. The minimum Gasteiger partial charge on any atom is -0.504 e. The van der Waals surface area contributed by atoms with Crippen LogP contribution in [0.2, 0.25) is 0 Å². The third-order valence-corrected chi connectivity index (χ3v) is 11.3. The molecule has 0 radical (unpaired) electrons. The van der Waals surface area contributed by atoms with Gasteiger partial charge in [0.25, 0.3) is 0 Å². The molecule has 0 bridgehead atoms. The van der Waals surface area contributed by atoms with Crippen LogP contribution in [0.5, 0.6) is 11.5 Å². The highest BCUT2D eigenvalue weighted by atomic mass is 16.7. The van der Waals surface area contributed by atoms with Crippen LogP contribution in [0.4, 0.5) is 0 Å². The van der Waals surface area contributed by atoms with Gasteiger partial charge in [-0.1, -0.05) is 6.92 Å². The molecule has 0 aromatic heterocycles. The SMILES string of the molecule is CC(=O)OC(C)(C)/C=C/C(=O)[C@](C)(O)C1[C@H](O)C[C@H]2[C@@H]3CCc4c(cc(O[C@@H]5O[C@H](CO)[C@@H](O)[C@H](O)[C@H]5O)c(O)c4C)[C@H]3C(=O)C[C@]12C. The monoisotopic (exact) mass is 676 g/mol. The van der Waals surface area contributed by atoms with Gasteiger partial charge in [-0.2, -0.15) is 0 Å².